The van der Waals surface area contributed by atoms with Gasteiger partial charge in [-0.2, -0.15) is 171 Å². The van der Waals surface area contributed by atoms with Gasteiger partial charge >= 0.3 is 107 Å². The standard InChI is InChI=1S/C29H17F39Si/c30-12(31,15(36,37)18(42,43)21(48,49)24(54,55)27(60,61)62)5-8-69(11-3-1-2-4-11,9-6-13(32,33)16(38,39)19(44,45)22(50,51)25(56,57)28(63,64)65)10-7-14(34,35)17(40,41)20(46,47)23(52,53)26(58,59)29(66,67)68/h1-4,11H,5-10H2. The third-order valence-corrected chi connectivity index (χ3v) is 15.8. The number of hydrogen-bond acceptors (Lipinski definition) is 0. The lowest BCUT2D eigenvalue weighted by molar-refractivity contribution is -0.440. The van der Waals surface area contributed by atoms with Crippen molar-refractivity contribution in [1.82, 2.24) is 0 Å². The highest BCUT2D eigenvalue weighted by Crippen LogP contribution is 2.65. The molecule has 0 nitrogen and oxygen atoms in total. The molecule has 0 saturated carbocycles. The van der Waals surface area contributed by atoms with Crippen LogP contribution in [0.3, 0.4) is 0 Å². The van der Waals surface area contributed by atoms with Crippen LogP contribution in [0.1, 0.15) is 19.3 Å². The SMILES string of the molecule is FC(F)(F)C(F)(F)C(F)(F)C(F)(F)C(F)(F)C(F)(F)CC[Si](CCC(F)(F)C(F)(F)C(F)(F)C(F)(F)C(F)(F)C(F)(F)F)(CCC(F)(F)C(F)(F)C(F)(F)C(F)(F)C(F)(F)C(F)(F)F)C1C=CC=C1. The Morgan fingerprint density at radius 3 is 0.551 bits per heavy atom. The second kappa shape index (κ2) is 17.3. The summed E-state index contributed by atoms with van der Waals surface area (Å²) in [6, 6.07) is -9.65. The Balaban J connectivity index is 4.29. The quantitative estimate of drug-likeness (QED) is 0.0749. The van der Waals surface area contributed by atoms with Gasteiger partial charge in [-0.1, -0.05) is 42.4 Å². The summed E-state index contributed by atoms with van der Waals surface area (Å²) in [5.74, 6) is -127. The molecule has 0 aromatic carbocycles. The van der Waals surface area contributed by atoms with Crippen molar-refractivity contribution in [3.8, 4) is 0 Å². The highest BCUT2D eigenvalue weighted by molar-refractivity contribution is 6.82. The molecule has 0 aliphatic heterocycles. The van der Waals surface area contributed by atoms with Crippen molar-refractivity contribution in [2.75, 3.05) is 0 Å². The van der Waals surface area contributed by atoms with E-state index in [-0.39, 0.29) is 24.3 Å². The average molecular weight is 1130 g/mol. The van der Waals surface area contributed by atoms with E-state index in [0.29, 0.717) is 0 Å². The van der Waals surface area contributed by atoms with Gasteiger partial charge in [0.15, 0.2) is 0 Å². The normalized spacial score (nSPS) is 17.7. The lowest BCUT2D eigenvalue weighted by Gasteiger charge is -2.44. The van der Waals surface area contributed by atoms with Crippen molar-refractivity contribution < 1.29 is 171 Å². The predicted molar refractivity (Wildman–Crippen MR) is 148 cm³/mol. The van der Waals surface area contributed by atoms with E-state index >= 15 is 0 Å². The maximum atomic E-state index is 14.9. The molecule has 0 N–H and O–H groups in total. The zero-order chi connectivity index (χ0) is 56.1. The van der Waals surface area contributed by atoms with Crippen LogP contribution < -0.4 is 0 Å². The Labute approximate surface area is 354 Å². The van der Waals surface area contributed by atoms with Gasteiger partial charge in [0.05, 0.1) is 8.07 Å². The lowest BCUT2D eigenvalue weighted by Crippen LogP contribution is -2.70. The molecule has 0 spiro atoms. The number of halogens is 39. The van der Waals surface area contributed by atoms with Crippen molar-refractivity contribution >= 4 is 8.07 Å². The number of alkyl halides is 39. The van der Waals surface area contributed by atoms with Crippen LogP contribution >= 0.6 is 0 Å². The summed E-state index contributed by atoms with van der Waals surface area (Å²) in [5.41, 5.74) is -2.99. The van der Waals surface area contributed by atoms with Crippen molar-refractivity contribution in [2.45, 2.75) is 150 Å². The Morgan fingerprint density at radius 2 is 0.391 bits per heavy atom. The first-order chi connectivity index (χ1) is 29.5. The fraction of sp³-hybridized carbons (Fsp3) is 0.862. The van der Waals surface area contributed by atoms with Gasteiger partial charge in [0.25, 0.3) is 0 Å². The van der Waals surface area contributed by atoms with E-state index in [1.807, 2.05) is 0 Å². The van der Waals surface area contributed by atoms with E-state index in [1.165, 1.54) is 0 Å². The van der Waals surface area contributed by atoms with Crippen LogP contribution in [-0.4, -0.2) is 115 Å². The lowest BCUT2D eigenvalue weighted by atomic mass is 9.93. The zero-order valence-corrected chi connectivity index (χ0v) is 32.4. The summed E-state index contributed by atoms with van der Waals surface area (Å²) in [4.78, 5) is 0. The number of rotatable bonds is 22. The maximum Gasteiger partial charge on any atom is 0.460 e. The minimum absolute atomic E-state index is 0.0962. The van der Waals surface area contributed by atoms with Gasteiger partial charge in [-0.3, -0.25) is 0 Å². The zero-order valence-electron chi connectivity index (χ0n) is 31.4. The van der Waals surface area contributed by atoms with Crippen LogP contribution in [0, 0.1) is 0 Å². The minimum Gasteiger partial charge on any atom is -0.200 e. The van der Waals surface area contributed by atoms with Gasteiger partial charge in [-0.15, -0.1) is 0 Å². The van der Waals surface area contributed by atoms with E-state index in [0.717, 1.165) is 0 Å². The fourth-order valence-corrected chi connectivity index (χ4v) is 11.0. The second-order valence-corrected chi connectivity index (χ2v) is 19.5. The van der Waals surface area contributed by atoms with E-state index in [2.05, 4.69) is 0 Å². The first kappa shape index (κ1) is 64.0. The van der Waals surface area contributed by atoms with Gasteiger partial charge in [0.2, 0.25) is 0 Å². The molecule has 69 heavy (non-hydrogen) atoms. The van der Waals surface area contributed by atoms with Gasteiger partial charge in [0, 0.05) is 19.3 Å². The summed E-state index contributed by atoms with van der Waals surface area (Å²) < 4.78 is 536. The Morgan fingerprint density at radius 1 is 0.232 bits per heavy atom. The van der Waals surface area contributed by atoms with Crippen LogP contribution in [0.4, 0.5) is 171 Å². The first-order valence-corrected chi connectivity index (χ1v) is 19.4. The van der Waals surface area contributed by atoms with Crippen LogP contribution in [-0.2, 0) is 0 Å². The van der Waals surface area contributed by atoms with E-state index in [1.54, 1.807) is 0 Å². The van der Waals surface area contributed by atoms with Gasteiger partial charge in [-0.25, -0.2) is 0 Å². The van der Waals surface area contributed by atoms with Gasteiger partial charge in [-0.05, 0) is 5.54 Å². The summed E-state index contributed by atoms with van der Waals surface area (Å²) in [6.45, 7) is 0. The summed E-state index contributed by atoms with van der Waals surface area (Å²) >= 11 is 0. The van der Waals surface area contributed by atoms with Crippen molar-refractivity contribution in [2.24, 2.45) is 0 Å². The molecule has 1 aliphatic carbocycles. The Kier molecular flexibility index (Phi) is 16.0. The molecular formula is C29H17F39Si. The van der Waals surface area contributed by atoms with Gasteiger partial charge < -0.3 is 0 Å². The molecule has 1 aliphatic rings. The highest BCUT2D eigenvalue weighted by atomic mass is 28.3. The topological polar surface area (TPSA) is 0 Å². The molecule has 0 aromatic heterocycles. The van der Waals surface area contributed by atoms with Gasteiger partial charge in [0.1, 0.15) is 0 Å². The summed E-state index contributed by atoms with van der Waals surface area (Å²) in [5, 5.41) is 0. The van der Waals surface area contributed by atoms with Crippen molar-refractivity contribution in [3.05, 3.63) is 24.3 Å². The monoisotopic (exact) mass is 1130 g/mol. The molecule has 40 heteroatoms. The highest BCUT2D eigenvalue weighted by Gasteiger charge is 2.93. The fourth-order valence-electron chi connectivity index (χ4n) is 5.81. The van der Waals surface area contributed by atoms with Crippen molar-refractivity contribution in [3.63, 3.8) is 0 Å². The molecule has 0 saturated heterocycles. The third-order valence-electron chi connectivity index (χ3n) is 10.3. The Bertz CT molecular complexity index is 1650. The van der Waals surface area contributed by atoms with Crippen LogP contribution in [0.25, 0.3) is 0 Å². The molecule has 0 unspecified atom stereocenters. The molecule has 0 radical (unpaired) electrons. The molecule has 0 aromatic rings. The largest absolute Gasteiger partial charge is 0.460 e. The Hall–Kier alpha value is -3.03. The molecule has 1 rings (SSSR count). The number of allylic oxidation sites excluding steroid dienone is 4. The van der Waals surface area contributed by atoms with Crippen LogP contribution in [0.5, 0.6) is 0 Å². The van der Waals surface area contributed by atoms with E-state index in [4.69, 9.17) is 0 Å². The maximum absolute atomic E-state index is 14.9. The predicted octanol–water partition coefficient (Wildman–Crippen LogP) is 16.3. The summed E-state index contributed by atoms with van der Waals surface area (Å²) in [7, 11) is -6.84. The van der Waals surface area contributed by atoms with E-state index < -0.39 is 158 Å². The van der Waals surface area contributed by atoms with Crippen LogP contribution in [0.15, 0.2) is 24.3 Å². The molecular weight excluding hydrogens is 1120 g/mol. The molecule has 0 amide bonds. The van der Waals surface area contributed by atoms with E-state index in [9.17, 15) is 171 Å². The van der Waals surface area contributed by atoms with Crippen molar-refractivity contribution in [1.29, 1.82) is 0 Å². The second-order valence-electron chi connectivity index (χ2n) is 14.7. The number of hydrogen-bond donors (Lipinski definition) is 0. The molecule has 0 fully saturated rings. The molecule has 0 heterocycles. The summed E-state index contributed by atoms with van der Waals surface area (Å²) in [6.07, 6.45) is -36.2. The molecule has 410 valence electrons. The smallest absolute Gasteiger partial charge is 0.200 e. The third kappa shape index (κ3) is 9.35. The van der Waals surface area contributed by atoms with Crippen LogP contribution in [0.2, 0.25) is 23.7 Å². The first-order valence-electron chi connectivity index (χ1n) is 16.7. The molecule has 0 atom stereocenters. The minimum atomic E-state index is -8.85. The average Bonchev–Trinajstić information content (AvgIpc) is 3.68. The molecule has 0 bridgehead atoms.